The third-order valence-electron chi connectivity index (χ3n) is 4.38. The molecule has 22 heavy (non-hydrogen) atoms. The number of nitrogens with two attached hydrogens (primary N) is 1. The van der Waals surface area contributed by atoms with Crippen LogP contribution in [0, 0.1) is 11.8 Å². The first-order valence-electron chi connectivity index (χ1n) is 7.11. The van der Waals surface area contributed by atoms with E-state index in [9.17, 15) is 24.6 Å². The number of carbonyl (C=O) groups excluding carboxylic acids is 2. The number of β-lactam (4-membered cyclic amide) rings is 1. The Bertz CT molecular complexity index is 557. The van der Waals surface area contributed by atoms with E-state index in [1.807, 2.05) is 6.92 Å². The number of likely N-dealkylation sites (N-methyl/N-ethyl adjacent to an activating group) is 1. The fourth-order valence-electron chi connectivity index (χ4n) is 3.47. The average Bonchev–Trinajstić information content (AvgIpc) is 2.59. The summed E-state index contributed by atoms with van der Waals surface area (Å²) in [5.41, 5.74) is 5.69. The van der Waals surface area contributed by atoms with Crippen molar-refractivity contribution in [1.29, 1.82) is 0 Å². The highest BCUT2D eigenvalue weighted by Crippen LogP contribution is 2.47. The SMILES string of the molecule is C[C@H]1C(CN(C)CC(N)=O)=C(C(=O)O)N2C(=O)[C@H]([C@@H](C)O)C12. The molecule has 4 N–H and O–H groups in total. The Morgan fingerprint density at radius 3 is 2.50 bits per heavy atom. The van der Waals surface area contributed by atoms with E-state index >= 15 is 0 Å². The summed E-state index contributed by atoms with van der Waals surface area (Å²) >= 11 is 0. The number of carbonyl (C=O) groups is 3. The van der Waals surface area contributed by atoms with Crippen molar-refractivity contribution in [3.63, 3.8) is 0 Å². The molecule has 0 saturated carbocycles. The van der Waals surface area contributed by atoms with E-state index in [4.69, 9.17) is 5.73 Å². The molecule has 1 unspecified atom stereocenters. The second kappa shape index (κ2) is 5.69. The number of rotatable bonds is 6. The highest BCUT2D eigenvalue weighted by Gasteiger charge is 2.59. The van der Waals surface area contributed by atoms with Gasteiger partial charge in [0.05, 0.1) is 24.6 Å². The van der Waals surface area contributed by atoms with Crippen LogP contribution in [0.1, 0.15) is 13.8 Å². The second-order valence-electron chi connectivity index (χ2n) is 6.07. The molecular formula is C14H21N3O5. The topological polar surface area (TPSA) is 124 Å². The van der Waals surface area contributed by atoms with Crippen molar-refractivity contribution in [3.05, 3.63) is 11.3 Å². The zero-order valence-electron chi connectivity index (χ0n) is 12.8. The Kier molecular flexibility index (Phi) is 4.25. The molecular weight excluding hydrogens is 290 g/mol. The van der Waals surface area contributed by atoms with Gasteiger partial charge in [-0.05, 0) is 19.5 Å². The predicted octanol–water partition coefficient (Wildman–Crippen LogP) is -1.40. The van der Waals surface area contributed by atoms with Crippen molar-refractivity contribution in [2.75, 3.05) is 20.1 Å². The maximum absolute atomic E-state index is 12.1. The molecule has 0 aromatic heterocycles. The summed E-state index contributed by atoms with van der Waals surface area (Å²) in [7, 11) is 1.66. The van der Waals surface area contributed by atoms with Gasteiger partial charge in [-0.3, -0.25) is 14.5 Å². The largest absolute Gasteiger partial charge is 0.477 e. The summed E-state index contributed by atoms with van der Waals surface area (Å²) in [6, 6.07) is -0.337. The maximum Gasteiger partial charge on any atom is 0.352 e. The minimum Gasteiger partial charge on any atom is -0.477 e. The van der Waals surface area contributed by atoms with Gasteiger partial charge < -0.3 is 20.8 Å². The van der Waals surface area contributed by atoms with Crippen molar-refractivity contribution in [2.45, 2.75) is 26.0 Å². The molecule has 1 fully saturated rings. The lowest BCUT2D eigenvalue weighted by atomic mass is 9.77. The smallest absolute Gasteiger partial charge is 0.352 e. The maximum atomic E-state index is 12.1. The van der Waals surface area contributed by atoms with Gasteiger partial charge in [0.25, 0.3) is 0 Å². The zero-order valence-corrected chi connectivity index (χ0v) is 12.8. The van der Waals surface area contributed by atoms with Crippen LogP contribution in [0.25, 0.3) is 0 Å². The number of hydrogen-bond acceptors (Lipinski definition) is 5. The fraction of sp³-hybridized carbons (Fsp3) is 0.643. The van der Waals surface area contributed by atoms with E-state index < -0.39 is 23.9 Å². The third kappa shape index (κ3) is 2.48. The molecule has 2 aliphatic heterocycles. The summed E-state index contributed by atoms with van der Waals surface area (Å²) in [6.45, 7) is 3.60. The van der Waals surface area contributed by atoms with Gasteiger partial charge in [-0.25, -0.2) is 4.79 Å². The van der Waals surface area contributed by atoms with Crippen LogP contribution in [0.4, 0.5) is 0 Å². The highest BCUT2D eigenvalue weighted by atomic mass is 16.4. The van der Waals surface area contributed by atoms with E-state index in [0.717, 1.165) is 0 Å². The molecule has 1 saturated heterocycles. The van der Waals surface area contributed by atoms with Crippen molar-refractivity contribution in [3.8, 4) is 0 Å². The second-order valence-corrected chi connectivity index (χ2v) is 6.07. The Morgan fingerprint density at radius 1 is 1.45 bits per heavy atom. The minimum atomic E-state index is -1.17. The summed E-state index contributed by atoms with van der Waals surface area (Å²) in [4.78, 5) is 37.5. The summed E-state index contributed by atoms with van der Waals surface area (Å²) < 4.78 is 0. The van der Waals surface area contributed by atoms with Crippen molar-refractivity contribution in [1.82, 2.24) is 9.80 Å². The molecule has 122 valence electrons. The van der Waals surface area contributed by atoms with Crippen LogP contribution in [0.5, 0.6) is 0 Å². The van der Waals surface area contributed by atoms with Gasteiger partial charge in [0, 0.05) is 12.5 Å². The molecule has 2 amide bonds. The first kappa shape index (κ1) is 16.4. The number of fused-ring (bicyclic) bond motifs is 1. The number of hydrogen-bond donors (Lipinski definition) is 3. The summed E-state index contributed by atoms with van der Waals surface area (Å²) in [5, 5.41) is 19.2. The first-order valence-corrected chi connectivity index (χ1v) is 7.11. The number of aliphatic carboxylic acids is 1. The number of carboxylic acids is 1. The zero-order chi connectivity index (χ0) is 16.8. The van der Waals surface area contributed by atoms with Gasteiger partial charge in [-0.1, -0.05) is 6.92 Å². The molecule has 2 aliphatic rings. The molecule has 0 aromatic carbocycles. The standard InChI is InChI=1S/C14H21N3O5/c1-6-8(4-16(3)5-9(15)19)12(14(21)22)17-11(6)10(7(2)18)13(17)20/h6-7,10-11,18H,4-5H2,1-3H3,(H2,15,19)(H,21,22)/t6-,7+,10+,11?/m0/s1. The third-order valence-corrected chi connectivity index (χ3v) is 4.38. The minimum absolute atomic E-state index is 0.00155. The quantitative estimate of drug-likeness (QED) is 0.518. The number of aliphatic hydroxyl groups excluding tert-OH is 1. The van der Waals surface area contributed by atoms with Gasteiger partial charge >= 0.3 is 5.97 Å². The van der Waals surface area contributed by atoms with Crippen LogP contribution < -0.4 is 5.73 Å². The lowest BCUT2D eigenvalue weighted by Crippen LogP contribution is -2.63. The van der Waals surface area contributed by atoms with E-state index in [1.165, 1.54) is 11.8 Å². The summed E-state index contributed by atoms with van der Waals surface area (Å²) in [6.07, 6.45) is -0.825. The number of nitrogens with zero attached hydrogens (tertiary/aromatic N) is 2. The van der Waals surface area contributed by atoms with E-state index in [0.29, 0.717) is 5.57 Å². The molecule has 8 heteroatoms. The number of amides is 2. The molecule has 0 radical (unpaired) electrons. The normalized spacial score (nSPS) is 28.7. The van der Waals surface area contributed by atoms with Gasteiger partial charge in [0.2, 0.25) is 11.8 Å². The van der Waals surface area contributed by atoms with Crippen molar-refractivity contribution < 1.29 is 24.6 Å². The lowest BCUT2D eigenvalue weighted by molar-refractivity contribution is -0.163. The number of aliphatic hydroxyl groups is 1. The number of primary amides is 1. The molecule has 8 nitrogen and oxygen atoms in total. The van der Waals surface area contributed by atoms with Crippen LogP contribution in [-0.2, 0) is 14.4 Å². The Hall–Kier alpha value is -1.93. The first-order chi connectivity index (χ1) is 10.2. The molecule has 0 aromatic rings. The lowest BCUT2D eigenvalue weighted by Gasteiger charge is -2.46. The van der Waals surface area contributed by atoms with Crippen LogP contribution in [0.3, 0.4) is 0 Å². The monoisotopic (exact) mass is 311 g/mol. The van der Waals surface area contributed by atoms with Crippen molar-refractivity contribution >= 4 is 17.8 Å². The van der Waals surface area contributed by atoms with Crippen LogP contribution in [-0.4, -0.2) is 70.1 Å². The van der Waals surface area contributed by atoms with Gasteiger partial charge in [0.15, 0.2) is 0 Å². The van der Waals surface area contributed by atoms with E-state index in [-0.39, 0.29) is 36.7 Å². The molecule has 0 bridgehead atoms. The molecule has 2 heterocycles. The Morgan fingerprint density at radius 2 is 2.05 bits per heavy atom. The molecule has 0 spiro atoms. The van der Waals surface area contributed by atoms with Crippen LogP contribution in [0.15, 0.2) is 11.3 Å². The number of carboxylic acid groups (broad SMARTS) is 1. The molecule has 0 aliphatic carbocycles. The van der Waals surface area contributed by atoms with Gasteiger partial charge in [-0.2, -0.15) is 0 Å². The van der Waals surface area contributed by atoms with E-state index in [2.05, 4.69) is 0 Å². The van der Waals surface area contributed by atoms with Gasteiger partial charge in [-0.15, -0.1) is 0 Å². The van der Waals surface area contributed by atoms with E-state index in [1.54, 1.807) is 11.9 Å². The molecule has 4 atom stereocenters. The Labute approximate surface area is 128 Å². The van der Waals surface area contributed by atoms with Crippen LogP contribution in [0.2, 0.25) is 0 Å². The fourth-order valence-corrected chi connectivity index (χ4v) is 3.47. The van der Waals surface area contributed by atoms with Gasteiger partial charge in [0.1, 0.15) is 5.70 Å². The van der Waals surface area contributed by atoms with Crippen molar-refractivity contribution in [2.24, 2.45) is 17.6 Å². The molecule has 2 rings (SSSR count). The highest BCUT2D eigenvalue weighted by molar-refractivity contribution is 6.00. The predicted molar refractivity (Wildman–Crippen MR) is 76.3 cm³/mol. The Balaban J connectivity index is 2.29. The van der Waals surface area contributed by atoms with Crippen LogP contribution >= 0.6 is 0 Å². The summed E-state index contributed by atoms with van der Waals surface area (Å²) in [5.74, 6) is -2.82. The average molecular weight is 311 g/mol.